The minimum atomic E-state index is -0.291. The molecule has 2 saturated heterocycles. The highest BCUT2D eigenvalue weighted by atomic mass is 19.1. The molecule has 2 amide bonds. The van der Waals surface area contributed by atoms with Gasteiger partial charge in [0.15, 0.2) is 0 Å². The Hall–Kier alpha value is -3.25. The van der Waals surface area contributed by atoms with Crippen LogP contribution in [0.3, 0.4) is 0 Å². The number of ether oxygens (including phenoxy) is 1. The molecule has 2 atom stereocenters. The van der Waals surface area contributed by atoms with Gasteiger partial charge < -0.3 is 14.5 Å². The van der Waals surface area contributed by atoms with Crippen molar-refractivity contribution in [1.29, 1.82) is 0 Å². The zero-order valence-electron chi connectivity index (χ0n) is 18.5. The monoisotopic (exact) mass is 446 g/mol. The second kappa shape index (κ2) is 9.32. The van der Waals surface area contributed by atoms with E-state index in [1.165, 1.54) is 12.1 Å². The molecule has 6 heteroatoms. The highest BCUT2D eigenvalue weighted by Crippen LogP contribution is 2.27. The first-order chi connectivity index (χ1) is 16.1. The smallest absolute Gasteiger partial charge is 0.254 e. The first kappa shape index (κ1) is 21.6. The summed E-state index contributed by atoms with van der Waals surface area (Å²) in [5, 5.41) is 1.97. The van der Waals surface area contributed by atoms with Gasteiger partial charge in [0.05, 0.1) is 19.1 Å². The van der Waals surface area contributed by atoms with Gasteiger partial charge in [-0.25, -0.2) is 4.39 Å². The van der Waals surface area contributed by atoms with Crippen molar-refractivity contribution >= 4 is 22.6 Å². The molecule has 2 aliphatic heterocycles. The van der Waals surface area contributed by atoms with Crippen molar-refractivity contribution in [3.05, 3.63) is 83.7 Å². The number of piperidine rings is 1. The van der Waals surface area contributed by atoms with Crippen molar-refractivity contribution in [2.24, 2.45) is 5.92 Å². The fourth-order valence-corrected chi connectivity index (χ4v) is 4.93. The topological polar surface area (TPSA) is 49.9 Å². The number of carbonyl (C=O) groups excluding carboxylic acids is 2. The van der Waals surface area contributed by atoms with Crippen LogP contribution in [-0.4, -0.2) is 54.4 Å². The lowest BCUT2D eigenvalue weighted by Crippen LogP contribution is -2.50. The second-order valence-electron chi connectivity index (χ2n) is 8.81. The summed E-state index contributed by atoms with van der Waals surface area (Å²) in [5.41, 5.74) is 1.55. The molecule has 3 aromatic carbocycles. The van der Waals surface area contributed by atoms with E-state index < -0.39 is 0 Å². The predicted molar refractivity (Wildman–Crippen MR) is 124 cm³/mol. The molecular formula is C27H27FN2O3. The van der Waals surface area contributed by atoms with Crippen molar-refractivity contribution in [3.8, 4) is 0 Å². The second-order valence-corrected chi connectivity index (χ2v) is 8.81. The molecular weight excluding hydrogens is 419 g/mol. The standard InChI is InChI=1S/C27H27FN2O3/c28-22-12-10-20(11-13-22)25-18-30(15-16-33-25)26(31)21-7-4-14-29(17-21)27(32)24-9-3-6-19-5-1-2-8-23(19)24/h1-3,5-6,8-13,21,25H,4,7,14-18H2. The zero-order chi connectivity index (χ0) is 22.8. The van der Waals surface area contributed by atoms with Crippen LogP contribution in [-0.2, 0) is 9.53 Å². The maximum atomic E-state index is 13.4. The van der Waals surface area contributed by atoms with Crippen LogP contribution in [0.15, 0.2) is 66.7 Å². The lowest BCUT2D eigenvalue weighted by molar-refractivity contribution is -0.144. The quantitative estimate of drug-likeness (QED) is 0.598. The number of nitrogens with zero attached hydrogens (tertiary/aromatic N) is 2. The number of rotatable bonds is 3. The average molecular weight is 447 g/mol. The highest BCUT2D eigenvalue weighted by Gasteiger charge is 2.34. The number of morpholine rings is 1. The summed E-state index contributed by atoms with van der Waals surface area (Å²) < 4.78 is 19.1. The Labute approximate surface area is 192 Å². The molecule has 2 aliphatic rings. The fraction of sp³-hybridized carbons (Fsp3) is 0.333. The molecule has 0 aliphatic carbocycles. The number of hydrogen-bond donors (Lipinski definition) is 0. The van der Waals surface area contributed by atoms with Gasteiger partial charge in [0.25, 0.3) is 5.91 Å². The fourth-order valence-electron chi connectivity index (χ4n) is 4.93. The molecule has 2 fully saturated rings. The number of likely N-dealkylation sites (tertiary alicyclic amines) is 1. The zero-order valence-corrected chi connectivity index (χ0v) is 18.5. The van der Waals surface area contributed by atoms with Crippen molar-refractivity contribution in [3.63, 3.8) is 0 Å². The minimum Gasteiger partial charge on any atom is -0.370 e. The van der Waals surface area contributed by atoms with Crippen molar-refractivity contribution in [1.82, 2.24) is 9.80 Å². The summed E-state index contributed by atoms with van der Waals surface area (Å²) in [6.07, 6.45) is 1.32. The third-order valence-corrected chi connectivity index (χ3v) is 6.70. The third-order valence-electron chi connectivity index (χ3n) is 6.70. The summed E-state index contributed by atoms with van der Waals surface area (Å²) in [6.45, 7) is 2.51. The molecule has 170 valence electrons. The summed E-state index contributed by atoms with van der Waals surface area (Å²) in [5.74, 6) is -0.457. The largest absolute Gasteiger partial charge is 0.370 e. The van der Waals surface area contributed by atoms with Crippen molar-refractivity contribution in [2.75, 3.05) is 32.8 Å². The van der Waals surface area contributed by atoms with Crippen molar-refractivity contribution < 1.29 is 18.7 Å². The Bertz CT molecular complexity index is 1160. The maximum Gasteiger partial charge on any atom is 0.254 e. The number of amides is 2. The molecule has 0 bridgehead atoms. The van der Waals surface area contributed by atoms with E-state index in [9.17, 15) is 14.0 Å². The highest BCUT2D eigenvalue weighted by molar-refractivity contribution is 6.07. The lowest BCUT2D eigenvalue weighted by atomic mass is 9.94. The Morgan fingerprint density at radius 1 is 0.879 bits per heavy atom. The van der Waals surface area contributed by atoms with E-state index in [0.717, 1.165) is 29.2 Å². The molecule has 0 radical (unpaired) electrons. The molecule has 2 heterocycles. The van der Waals surface area contributed by atoms with Gasteiger partial charge >= 0.3 is 0 Å². The van der Waals surface area contributed by atoms with E-state index in [1.54, 1.807) is 12.1 Å². The molecule has 0 saturated carbocycles. The van der Waals surface area contributed by atoms with E-state index in [1.807, 2.05) is 52.3 Å². The third kappa shape index (κ3) is 4.48. The van der Waals surface area contributed by atoms with Gasteiger partial charge in [-0.05, 0) is 47.4 Å². The van der Waals surface area contributed by atoms with E-state index in [0.29, 0.717) is 38.3 Å². The summed E-state index contributed by atoms with van der Waals surface area (Å²) in [4.78, 5) is 30.4. The molecule has 0 N–H and O–H groups in total. The molecule has 3 aromatic rings. The van der Waals surface area contributed by atoms with Crippen LogP contribution in [0.5, 0.6) is 0 Å². The van der Waals surface area contributed by atoms with Gasteiger partial charge in [-0.15, -0.1) is 0 Å². The van der Waals surface area contributed by atoms with Gasteiger partial charge in [-0.2, -0.15) is 0 Å². The number of benzene rings is 3. The average Bonchev–Trinajstić information content (AvgIpc) is 2.88. The Balaban J connectivity index is 1.28. The first-order valence-corrected chi connectivity index (χ1v) is 11.5. The van der Waals surface area contributed by atoms with Gasteiger partial charge in [0.1, 0.15) is 11.9 Å². The Morgan fingerprint density at radius 2 is 1.67 bits per heavy atom. The van der Waals surface area contributed by atoms with E-state index in [4.69, 9.17) is 4.74 Å². The predicted octanol–water partition coefficient (Wildman–Crippen LogP) is 4.43. The van der Waals surface area contributed by atoms with Crippen LogP contribution in [0.2, 0.25) is 0 Å². The molecule has 2 unspecified atom stereocenters. The maximum absolute atomic E-state index is 13.4. The van der Waals surface area contributed by atoms with Crippen LogP contribution in [0, 0.1) is 11.7 Å². The number of halogens is 1. The van der Waals surface area contributed by atoms with Crippen molar-refractivity contribution in [2.45, 2.75) is 18.9 Å². The van der Waals surface area contributed by atoms with Gasteiger partial charge in [0.2, 0.25) is 5.91 Å². The molecule has 5 nitrogen and oxygen atoms in total. The van der Waals surface area contributed by atoms with Crippen LogP contribution < -0.4 is 0 Å². The Kier molecular flexibility index (Phi) is 6.09. The number of hydrogen-bond acceptors (Lipinski definition) is 3. The molecule has 0 spiro atoms. The van der Waals surface area contributed by atoms with E-state index in [2.05, 4.69) is 0 Å². The lowest BCUT2D eigenvalue weighted by Gasteiger charge is -2.38. The molecule has 0 aromatic heterocycles. The molecule has 5 rings (SSSR count). The summed E-state index contributed by atoms with van der Waals surface area (Å²) in [6, 6.07) is 19.9. The minimum absolute atomic E-state index is 0.0181. The SMILES string of the molecule is O=C(c1cccc2ccccc12)N1CCCC(C(=O)N2CCOC(c3ccc(F)cc3)C2)C1. The summed E-state index contributed by atoms with van der Waals surface area (Å²) in [7, 11) is 0. The van der Waals surface area contributed by atoms with Gasteiger partial charge in [-0.3, -0.25) is 9.59 Å². The van der Waals surface area contributed by atoms with Crippen LogP contribution >= 0.6 is 0 Å². The number of carbonyl (C=O) groups is 2. The molecule has 33 heavy (non-hydrogen) atoms. The van der Waals surface area contributed by atoms with E-state index >= 15 is 0 Å². The summed E-state index contributed by atoms with van der Waals surface area (Å²) >= 11 is 0. The number of fused-ring (bicyclic) bond motifs is 1. The van der Waals surface area contributed by atoms with Gasteiger partial charge in [-0.1, -0.05) is 48.5 Å². The van der Waals surface area contributed by atoms with Crippen LogP contribution in [0.1, 0.15) is 34.9 Å². The Morgan fingerprint density at radius 3 is 2.52 bits per heavy atom. The first-order valence-electron chi connectivity index (χ1n) is 11.5. The van der Waals surface area contributed by atoms with E-state index in [-0.39, 0.29) is 29.7 Å². The van der Waals surface area contributed by atoms with Crippen LogP contribution in [0.25, 0.3) is 10.8 Å². The normalized spacial score (nSPS) is 21.2. The van der Waals surface area contributed by atoms with Gasteiger partial charge in [0, 0.05) is 25.2 Å². The van der Waals surface area contributed by atoms with Crippen LogP contribution in [0.4, 0.5) is 4.39 Å².